The standard InChI is InChI=1S/C12H26N2S/c1-10(2)11-8-14(6-7-15-5)12(3,4)9-13-11/h10-11,13H,6-9H2,1-5H3. The minimum Gasteiger partial charge on any atom is -0.311 e. The fourth-order valence-corrected chi connectivity index (χ4v) is 2.49. The van der Waals surface area contributed by atoms with Crippen molar-refractivity contribution in [3.63, 3.8) is 0 Å². The molecule has 0 bridgehead atoms. The van der Waals surface area contributed by atoms with Crippen LogP contribution in [0, 0.1) is 5.92 Å². The number of nitrogens with zero attached hydrogens (tertiary/aromatic N) is 1. The molecule has 0 aromatic carbocycles. The largest absolute Gasteiger partial charge is 0.311 e. The summed E-state index contributed by atoms with van der Waals surface area (Å²) in [5, 5.41) is 3.67. The minimum atomic E-state index is 0.321. The van der Waals surface area contributed by atoms with E-state index in [0.29, 0.717) is 11.6 Å². The van der Waals surface area contributed by atoms with Crippen LogP contribution in [0.15, 0.2) is 0 Å². The first-order valence-corrected chi connectivity index (χ1v) is 7.34. The molecule has 0 radical (unpaired) electrons. The van der Waals surface area contributed by atoms with Gasteiger partial charge in [0.1, 0.15) is 0 Å². The van der Waals surface area contributed by atoms with Crippen LogP contribution in [0.3, 0.4) is 0 Å². The molecule has 0 amide bonds. The molecule has 2 nitrogen and oxygen atoms in total. The summed E-state index contributed by atoms with van der Waals surface area (Å²) in [6, 6.07) is 0.667. The summed E-state index contributed by atoms with van der Waals surface area (Å²) in [6.07, 6.45) is 2.19. The van der Waals surface area contributed by atoms with Crippen molar-refractivity contribution >= 4 is 11.8 Å². The Kier molecular flexibility index (Phi) is 4.94. The van der Waals surface area contributed by atoms with Crippen molar-refractivity contribution in [3.05, 3.63) is 0 Å². The second-order valence-electron chi connectivity index (χ2n) is 5.48. The molecule has 1 aliphatic rings. The molecule has 3 heteroatoms. The van der Waals surface area contributed by atoms with Crippen molar-refractivity contribution in [2.45, 2.75) is 39.3 Å². The van der Waals surface area contributed by atoms with Gasteiger partial charge in [0.25, 0.3) is 0 Å². The zero-order valence-corrected chi connectivity index (χ0v) is 11.7. The lowest BCUT2D eigenvalue weighted by Gasteiger charge is -2.47. The predicted octanol–water partition coefficient (Wildman–Crippen LogP) is 2.06. The zero-order valence-electron chi connectivity index (χ0n) is 10.8. The summed E-state index contributed by atoms with van der Waals surface area (Å²) in [5.74, 6) is 1.98. The molecular formula is C12H26N2S. The quantitative estimate of drug-likeness (QED) is 0.796. The lowest BCUT2D eigenvalue weighted by atomic mass is 9.93. The Morgan fingerprint density at radius 1 is 1.47 bits per heavy atom. The van der Waals surface area contributed by atoms with Gasteiger partial charge in [-0.15, -0.1) is 0 Å². The number of piperazine rings is 1. The first kappa shape index (κ1) is 13.3. The SMILES string of the molecule is CSCCN1CC(C(C)C)NCC1(C)C. The molecule has 1 aliphatic heterocycles. The van der Waals surface area contributed by atoms with Gasteiger partial charge in [0, 0.05) is 37.0 Å². The van der Waals surface area contributed by atoms with Crippen LogP contribution in [0.2, 0.25) is 0 Å². The lowest BCUT2D eigenvalue weighted by Crippen LogP contribution is -2.63. The summed E-state index contributed by atoms with van der Waals surface area (Å²) in [5.41, 5.74) is 0.321. The molecule has 1 rings (SSSR count). The molecule has 1 heterocycles. The Morgan fingerprint density at radius 3 is 2.67 bits per heavy atom. The molecule has 1 N–H and O–H groups in total. The maximum atomic E-state index is 3.67. The van der Waals surface area contributed by atoms with E-state index in [4.69, 9.17) is 0 Å². The highest BCUT2D eigenvalue weighted by Gasteiger charge is 2.34. The van der Waals surface area contributed by atoms with Gasteiger partial charge in [-0.1, -0.05) is 13.8 Å². The number of thioether (sulfide) groups is 1. The molecule has 0 saturated carbocycles. The van der Waals surface area contributed by atoms with E-state index in [1.54, 1.807) is 0 Å². The van der Waals surface area contributed by atoms with E-state index in [1.165, 1.54) is 18.8 Å². The Labute approximate surface area is 99.2 Å². The second-order valence-corrected chi connectivity index (χ2v) is 6.47. The highest BCUT2D eigenvalue weighted by atomic mass is 32.2. The fraction of sp³-hybridized carbons (Fsp3) is 1.00. The van der Waals surface area contributed by atoms with Crippen molar-refractivity contribution in [2.24, 2.45) is 5.92 Å². The first-order chi connectivity index (χ1) is 6.97. The van der Waals surface area contributed by atoms with Crippen LogP contribution < -0.4 is 5.32 Å². The molecule has 15 heavy (non-hydrogen) atoms. The van der Waals surface area contributed by atoms with Gasteiger partial charge in [0.05, 0.1) is 0 Å². The smallest absolute Gasteiger partial charge is 0.0278 e. The summed E-state index contributed by atoms with van der Waals surface area (Å²) in [7, 11) is 0. The van der Waals surface area contributed by atoms with E-state index in [-0.39, 0.29) is 0 Å². The molecule has 0 aromatic rings. The minimum absolute atomic E-state index is 0.321. The first-order valence-electron chi connectivity index (χ1n) is 5.95. The molecule has 0 aliphatic carbocycles. The van der Waals surface area contributed by atoms with Gasteiger partial charge in [-0.25, -0.2) is 0 Å². The topological polar surface area (TPSA) is 15.3 Å². The monoisotopic (exact) mass is 230 g/mol. The maximum Gasteiger partial charge on any atom is 0.0278 e. The van der Waals surface area contributed by atoms with E-state index in [2.05, 4.69) is 44.2 Å². The molecular weight excluding hydrogens is 204 g/mol. The van der Waals surface area contributed by atoms with Crippen LogP contribution in [-0.4, -0.2) is 48.1 Å². The van der Waals surface area contributed by atoms with E-state index in [1.807, 2.05) is 11.8 Å². The number of rotatable bonds is 4. The number of hydrogen-bond acceptors (Lipinski definition) is 3. The van der Waals surface area contributed by atoms with Gasteiger partial charge in [-0.3, -0.25) is 4.90 Å². The van der Waals surface area contributed by atoms with Gasteiger partial charge in [-0.2, -0.15) is 11.8 Å². The van der Waals surface area contributed by atoms with Crippen LogP contribution >= 0.6 is 11.8 Å². The molecule has 90 valence electrons. The van der Waals surface area contributed by atoms with Crippen molar-refractivity contribution in [3.8, 4) is 0 Å². The van der Waals surface area contributed by atoms with Crippen molar-refractivity contribution in [2.75, 3.05) is 31.6 Å². The summed E-state index contributed by atoms with van der Waals surface area (Å²) < 4.78 is 0. The van der Waals surface area contributed by atoms with E-state index in [9.17, 15) is 0 Å². The van der Waals surface area contributed by atoms with Crippen molar-refractivity contribution in [1.29, 1.82) is 0 Å². The van der Waals surface area contributed by atoms with E-state index < -0.39 is 0 Å². The Bertz CT molecular complexity index is 192. The molecule has 0 spiro atoms. The van der Waals surface area contributed by atoms with E-state index >= 15 is 0 Å². The van der Waals surface area contributed by atoms with Crippen LogP contribution in [-0.2, 0) is 0 Å². The third-order valence-corrected chi connectivity index (χ3v) is 4.03. The average Bonchev–Trinajstić information content (AvgIpc) is 2.15. The highest BCUT2D eigenvalue weighted by Crippen LogP contribution is 2.21. The third-order valence-electron chi connectivity index (χ3n) is 3.44. The summed E-state index contributed by atoms with van der Waals surface area (Å²) >= 11 is 1.94. The van der Waals surface area contributed by atoms with Gasteiger partial charge in [-0.05, 0) is 26.0 Å². The van der Waals surface area contributed by atoms with Crippen LogP contribution in [0.5, 0.6) is 0 Å². The molecule has 1 fully saturated rings. The zero-order chi connectivity index (χ0) is 11.5. The molecule has 1 saturated heterocycles. The Morgan fingerprint density at radius 2 is 2.13 bits per heavy atom. The van der Waals surface area contributed by atoms with Gasteiger partial charge >= 0.3 is 0 Å². The predicted molar refractivity (Wildman–Crippen MR) is 70.7 cm³/mol. The van der Waals surface area contributed by atoms with Gasteiger partial charge < -0.3 is 5.32 Å². The third kappa shape index (κ3) is 3.65. The molecule has 1 unspecified atom stereocenters. The van der Waals surface area contributed by atoms with Gasteiger partial charge in [0.15, 0.2) is 0 Å². The second kappa shape index (κ2) is 5.55. The molecule has 1 atom stereocenters. The number of hydrogen-bond donors (Lipinski definition) is 1. The summed E-state index contributed by atoms with van der Waals surface area (Å²) in [6.45, 7) is 12.8. The Balaban J connectivity index is 2.54. The van der Waals surface area contributed by atoms with Gasteiger partial charge in [0.2, 0.25) is 0 Å². The van der Waals surface area contributed by atoms with Crippen LogP contribution in [0.4, 0.5) is 0 Å². The van der Waals surface area contributed by atoms with Crippen molar-refractivity contribution in [1.82, 2.24) is 10.2 Å². The fourth-order valence-electron chi connectivity index (χ4n) is 2.08. The summed E-state index contributed by atoms with van der Waals surface area (Å²) in [4.78, 5) is 2.64. The van der Waals surface area contributed by atoms with Crippen LogP contribution in [0.1, 0.15) is 27.7 Å². The highest BCUT2D eigenvalue weighted by molar-refractivity contribution is 7.98. The van der Waals surface area contributed by atoms with E-state index in [0.717, 1.165) is 12.5 Å². The Hall–Kier alpha value is 0.270. The normalized spacial score (nSPS) is 27.2. The maximum absolute atomic E-state index is 3.67. The lowest BCUT2D eigenvalue weighted by molar-refractivity contribution is 0.0610. The van der Waals surface area contributed by atoms with Crippen LogP contribution in [0.25, 0.3) is 0 Å². The van der Waals surface area contributed by atoms with Crippen molar-refractivity contribution < 1.29 is 0 Å². The average molecular weight is 230 g/mol. The molecule has 0 aromatic heterocycles. The number of nitrogens with one attached hydrogen (secondary N) is 1.